The van der Waals surface area contributed by atoms with Gasteiger partial charge >= 0.3 is 0 Å². The highest BCUT2D eigenvalue weighted by Crippen LogP contribution is 2.33. The third kappa shape index (κ3) is 6.33. The highest BCUT2D eigenvalue weighted by atomic mass is 32.2. The molecule has 238 valence electrons. The van der Waals surface area contributed by atoms with Crippen LogP contribution < -0.4 is 5.56 Å². The molecule has 1 fully saturated rings. The summed E-state index contributed by atoms with van der Waals surface area (Å²) >= 11 is 2.52. The maximum atomic E-state index is 14.0. The number of carbonyl (C=O) groups is 1. The van der Waals surface area contributed by atoms with Crippen LogP contribution in [0, 0.1) is 5.82 Å². The summed E-state index contributed by atoms with van der Waals surface area (Å²) in [6.07, 6.45) is 0. The van der Waals surface area contributed by atoms with Crippen molar-refractivity contribution >= 4 is 60.0 Å². The molecule has 1 aliphatic heterocycles. The number of nitrogens with zero attached hydrogens (tertiary/aromatic N) is 4. The Balaban J connectivity index is 1.09. The smallest absolute Gasteiger partial charge is 0.263 e. The first-order chi connectivity index (χ1) is 22.8. The van der Waals surface area contributed by atoms with Crippen LogP contribution in [0.3, 0.4) is 0 Å². The van der Waals surface area contributed by atoms with E-state index < -0.39 is 10.0 Å². The number of hydrogen-bond donors (Lipinski definition) is 0. The Bertz CT molecular complexity index is 2260. The number of sulfonamides is 1. The monoisotopic (exact) mass is 684 g/mol. The number of thioether (sulfide) groups is 1. The fourth-order valence-corrected chi connectivity index (χ4v) is 9.08. The summed E-state index contributed by atoms with van der Waals surface area (Å²) in [5, 5.41) is 4.55. The van der Waals surface area contributed by atoms with E-state index in [-0.39, 0.29) is 60.7 Å². The largest absolute Gasteiger partial charge is 0.339 e. The molecule has 0 bridgehead atoms. The number of thiophene rings is 1. The van der Waals surface area contributed by atoms with Gasteiger partial charge in [-0.15, -0.1) is 11.3 Å². The molecule has 3 heterocycles. The molecule has 1 aliphatic rings. The second-order valence-electron chi connectivity index (χ2n) is 11.2. The normalized spacial score (nSPS) is 14.2. The van der Waals surface area contributed by atoms with E-state index in [0.29, 0.717) is 20.9 Å². The SMILES string of the molecule is O=C(CSc1nc2scc(-c3ccc(F)cc3)c2c(=O)n1Cc1ccccc1)N1CCN(S(=O)(=O)c2ccc3ccccc3c2)CC1. The van der Waals surface area contributed by atoms with Gasteiger partial charge in [0.1, 0.15) is 10.6 Å². The molecule has 0 saturated carbocycles. The summed E-state index contributed by atoms with van der Waals surface area (Å²) in [4.78, 5) is 34.7. The van der Waals surface area contributed by atoms with E-state index in [1.165, 1.54) is 39.5 Å². The van der Waals surface area contributed by atoms with E-state index in [1.54, 1.807) is 33.7 Å². The molecule has 47 heavy (non-hydrogen) atoms. The molecule has 4 aromatic carbocycles. The van der Waals surface area contributed by atoms with Crippen molar-refractivity contribution in [3.63, 3.8) is 0 Å². The summed E-state index contributed by atoms with van der Waals surface area (Å²) < 4.78 is 43.5. The van der Waals surface area contributed by atoms with Crippen molar-refractivity contribution in [1.82, 2.24) is 18.8 Å². The van der Waals surface area contributed by atoms with Crippen molar-refractivity contribution in [2.45, 2.75) is 16.6 Å². The van der Waals surface area contributed by atoms with Crippen molar-refractivity contribution in [3.8, 4) is 11.1 Å². The molecule has 1 saturated heterocycles. The highest BCUT2D eigenvalue weighted by Gasteiger charge is 2.30. The molecule has 1 amide bonds. The van der Waals surface area contributed by atoms with Crippen LogP contribution in [-0.4, -0.2) is 65.0 Å². The number of rotatable bonds is 8. The number of carbonyl (C=O) groups excluding carboxylic acids is 1. The van der Waals surface area contributed by atoms with Gasteiger partial charge in [0.05, 0.1) is 22.6 Å². The van der Waals surface area contributed by atoms with Gasteiger partial charge in [0.25, 0.3) is 5.56 Å². The Hall–Kier alpha value is -4.36. The number of halogens is 1. The average molecular weight is 685 g/mol. The van der Waals surface area contributed by atoms with E-state index in [0.717, 1.165) is 21.9 Å². The van der Waals surface area contributed by atoms with E-state index in [9.17, 15) is 22.4 Å². The summed E-state index contributed by atoms with van der Waals surface area (Å²) in [6, 6.07) is 28.3. The van der Waals surface area contributed by atoms with Gasteiger partial charge in [0.15, 0.2) is 5.16 Å². The topological polar surface area (TPSA) is 92.6 Å². The van der Waals surface area contributed by atoms with Gasteiger partial charge in [-0.1, -0.05) is 84.6 Å². The third-order valence-electron chi connectivity index (χ3n) is 8.27. The van der Waals surface area contributed by atoms with Gasteiger partial charge < -0.3 is 4.90 Å². The zero-order valence-corrected chi connectivity index (χ0v) is 27.5. The zero-order chi connectivity index (χ0) is 32.5. The maximum Gasteiger partial charge on any atom is 0.263 e. The minimum atomic E-state index is -3.71. The summed E-state index contributed by atoms with van der Waals surface area (Å²) in [6.45, 7) is 1.18. The number of aromatic nitrogens is 2. The molecule has 0 spiro atoms. The molecule has 0 unspecified atom stereocenters. The standard InChI is InChI=1S/C35H29FN4O4S3/c36-28-13-10-26(11-14-28)30-22-45-33-32(30)34(42)40(21-24-6-2-1-3-7-24)35(37-33)46-23-31(41)38-16-18-39(19-17-38)47(43,44)29-15-12-25-8-4-5-9-27(25)20-29/h1-15,20,22H,16-19,21,23H2. The number of fused-ring (bicyclic) bond motifs is 2. The predicted octanol–water partition coefficient (Wildman–Crippen LogP) is 6.09. The number of hydrogen-bond acceptors (Lipinski definition) is 7. The molecule has 12 heteroatoms. The molecule has 2 aromatic heterocycles. The Labute approximate surface area is 279 Å². The van der Waals surface area contributed by atoms with Crippen LogP contribution in [0.1, 0.15) is 5.56 Å². The van der Waals surface area contributed by atoms with Gasteiger partial charge in [-0.3, -0.25) is 14.2 Å². The van der Waals surface area contributed by atoms with Crippen LogP contribution >= 0.6 is 23.1 Å². The lowest BCUT2D eigenvalue weighted by Gasteiger charge is -2.34. The summed E-state index contributed by atoms with van der Waals surface area (Å²) in [7, 11) is -3.71. The minimum Gasteiger partial charge on any atom is -0.339 e. The van der Waals surface area contributed by atoms with Gasteiger partial charge in [-0.25, -0.2) is 17.8 Å². The van der Waals surface area contributed by atoms with Crippen molar-refractivity contribution in [1.29, 1.82) is 0 Å². The van der Waals surface area contributed by atoms with E-state index >= 15 is 0 Å². The van der Waals surface area contributed by atoms with Crippen LogP contribution in [0.5, 0.6) is 0 Å². The molecular weight excluding hydrogens is 656 g/mol. The lowest BCUT2D eigenvalue weighted by atomic mass is 10.1. The van der Waals surface area contributed by atoms with Gasteiger partial charge in [-0.05, 0) is 46.2 Å². The fourth-order valence-electron chi connectivity index (χ4n) is 5.74. The van der Waals surface area contributed by atoms with Gasteiger partial charge in [-0.2, -0.15) is 4.31 Å². The van der Waals surface area contributed by atoms with Crippen LogP contribution in [0.25, 0.3) is 32.1 Å². The lowest BCUT2D eigenvalue weighted by Crippen LogP contribution is -2.51. The van der Waals surface area contributed by atoms with E-state index in [1.807, 2.05) is 66.0 Å². The molecular formula is C35H29FN4O4S3. The van der Waals surface area contributed by atoms with Crippen LogP contribution in [0.2, 0.25) is 0 Å². The first-order valence-electron chi connectivity index (χ1n) is 15.0. The quantitative estimate of drug-likeness (QED) is 0.142. The molecule has 0 aliphatic carbocycles. The van der Waals surface area contributed by atoms with Crippen molar-refractivity contribution in [2.75, 3.05) is 31.9 Å². The molecule has 0 radical (unpaired) electrons. The lowest BCUT2D eigenvalue weighted by molar-refractivity contribution is -0.129. The molecule has 0 N–H and O–H groups in total. The van der Waals surface area contributed by atoms with E-state index in [4.69, 9.17) is 4.98 Å². The Morgan fingerprint density at radius 1 is 0.872 bits per heavy atom. The molecule has 6 aromatic rings. The maximum absolute atomic E-state index is 14.0. The average Bonchev–Trinajstić information content (AvgIpc) is 3.53. The molecule has 0 atom stereocenters. The molecule has 7 rings (SSSR count). The van der Waals surface area contributed by atoms with Crippen LogP contribution in [0.4, 0.5) is 4.39 Å². The zero-order valence-electron chi connectivity index (χ0n) is 25.1. The summed E-state index contributed by atoms with van der Waals surface area (Å²) in [5.41, 5.74) is 2.08. The second-order valence-corrected chi connectivity index (χ2v) is 14.9. The third-order valence-corrected chi connectivity index (χ3v) is 12.0. The molecule has 8 nitrogen and oxygen atoms in total. The summed E-state index contributed by atoms with van der Waals surface area (Å²) in [5.74, 6) is -0.471. The Kier molecular flexibility index (Phi) is 8.67. The van der Waals surface area contributed by atoms with Crippen molar-refractivity contribution in [3.05, 3.63) is 124 Å². The fraction of sp³-hybridized carbons (Fsp3) is 0.171. The second kappa shape index (κ2) is 13.0. The first kappa shape index (κ1) is 31.3. The minimum absolute atomic E-state index is 0.0420. The first-order valence-corrected chi connectivity index (χ1v) is 18.3. The van der Waals surface area contributed by atoms with Crippen molar-refractivity contribution < 1.29 is 17.6 Å². The number of amides is 1. The Morgan fingerprint density at radius 3 is 2.32 bits per heavy atom. The highest BCUT2D eigenvalue weighted by molar-refractivity contribution is 7.99. The Morgan fingerprint density at radius 2 is 1.57 bits per heavy atom. The predicted molar refractivity (Wildman–Crippen MR) is 185 cm³/mol. The van der Waals surface area contributed by atoms with Crippen LogP contribution in [0.15, 0.2) is 117 Å². The van der Waals surface area contributed by atoms with Gasteiger partial charge in [0.2, 0.25) is 15.9 Å². The number of benzene rings is 4. The van der Waals surface area contributed by atoms with Crippen LogP contribution in [-0.2, 0) is 21.4 Å². The number of piperazine rings is 1. The van der Waals surface area contributed by atoms with Gasteiger partial charge in [0, 0.05) is 37.1 Å². The van der Waals surface area contributed by atoms with E-state index in [2.05, 4.69) is 0 Å². The van der Waals surface area contributed by atoms with Crippen molar-refractivity contribution in [2.24, 2.45) is 0 Å².